The second kappa shape index (κ2) is 4.60. The molecule has 0 radical (unpaired) electrons. The molecule has 2 heterocycles. The first kappa shape index (κ1) is 14.1. The molecule has 5 heteroatoms. The van der Waals surface area contributed by atoms with Gasteiger partial charge in [-0.3, -0.25) is 4.68 Å². The maximum absolute atomic E-state index is 6.08. The summed E-state index contributed by atoms with van der Waals surface area (Å²) in [6.45, 7) is 10.6. The molecule has 2 fully saturated rings. The van der Waals surface area contributed by atoms with Gasteiger partial charge < -0.3 is 9.31 Å². The number of hydrogen-bond acceptors (Lipinski definition) is 3. The molecule has 2 aliphatic rings. The molecule has 0 spiro atoms. The van der Waals surface area contributed by atoms with E-state index in [0.29, 0.717) is 12.0 Å². The van der Waals surface area contributed by atoms with E-state index in [1.807, 2.05) is 6.20 Å². The van der Waals surface area contributed by atoms with Crippen LogP contribution in [0.15, 0.2) is 12.4 Å². The van der Waals surface area contributed by atoms with Crippen molar-refractivity contribution < 1.29 is 9.31 Å². The maximum Gasteiger partial charge on any atom is 0.498 e. The van der Waals surface area contributed by atoms with Crippen LogP contribution in [0.5, 0.6) is 0 Å². The number of hydrogen-bond donors (Lipinski definition) is 0. The molecule has 110 valence electrons. The van der Waals surface area contributed by atoms with Gasteiger partial charge in [-0.2, -0.15) is 5.10 Å². The molecule has 1 aromatic heterocycles. The van der Waals surface area contributed by atoms with Crippen molar-refractivity contribution >= 4 is 12.6 Å². The molecule has 2 unspecified atom stereocenters. The minimum absolute atomic E-state index is 0.291. The summed E-state index contributed by atoms with van der Waals surface area (Å²) in [5.41, 5.74) is 0.448. The SMILES string of the molecule is CC1CCCC1n1cc(B2OC(C)(C)C(C)(C)O2)cn1. The fourth-order valence-corrected chi connectivity index (χ4v) is 3.15. The van der Waals surface area contributed by atoms with Crippen molar-refractivity contribution in [3.8, 4) is 0 Å². The van der Waals surface area contributed by atoms with E-state index in [-0.39, 0.29) is 18.3 Å². The molecule has 3 rings (SSSR count). The third-order valence-corrected chi connectivity index (χ3v) is 5.30. The quantitative estimate of drug-likeness (QED) is 0.779. The zero-order valence-corrected chi connectivity index (χ0v) is 13.2. The third-order valence-electron chi connectivity index (χ3n) is 5.30. The van der Waals surface area contributed by atoms with Gasteiger partial charge in [0.2, 0.25) is 0 Å². The largest absolute Gasteiger partial charge is 0.498 e. The highest BCUT2D eigenvalue weighted by atomic mass is 16.7. The van der Waals surface area contributed by atoms with Crippen molar-refractivity contribution in [1.29, 1.82) is 0 Å². The Balaban J connectivity index is 1.78. The summed E-state index contributed by atoms with van der Waals surface area (Å²) in [5.74, 6) is 0.709. The summed E-state index contributed by atoms with van der Waals surface area (Å²) < 4.78 is 14.3. The summed E-state index contributed by atoms with van der Waals surface area (Å²) in [6.07, 6.45) is 7.83. The van der Waals surface area contributed by atoms with Gasteiger partial charge in [0.15, 0.2) is 0 Å². The van der Waals surface area contributed by atoms with E-state index >= 15 is 0 Å². The van der Waals surface area contributed by atoms with Crippen molar-refractivity contribution in [2.24, 2.45) is 5.92 Å². The highest BCUT2D eigenvalue weighted by Gasteiger charge is 2.52. The molecule has 1 aromatic rings. The molecule has 4 nitrogen and oxygen atoms in total. The van der Waals surface area contributed by atoms with E-state index in [1.165, 1.54) is 19.3 Å². The highest BCUT2D eigenvalue weighted by molar-refractivity contribution is 6.61. The Morgan fingerprint density at radius 3 is 2.40 bits per heavy atom. The van der Waals surface area contributed by atoms with E-state index in [4.69, 9.17) is 9.31 Å². The van der Waals surface area contributed by atoms with E-state index < -0.39 is 0 Å². The second-order valence-electron chi connectivity index (χ2n) is 7.32. The Hall–Kier alpha value is -0.805. The molecule has 0 aromatic carbocycles. The van der Waals surface area contributed by atoms with Crippen LogP contribution in [0.3, 0.4) is 0 Å². The van der Waals surface area contributed by atoms with Gasteiger partial charge in [0.05, 0.1) is 17.2 Å². The molecule has 0 bridgehead atoms. The van der Waals surface area contributed by atoms with Gasteiger partial charge in [0, 0.05) is 17.9 Å². The van der Waals surface area contributed by atoms with Crippen molar-refractivity contribution in [3.63, 3.8) is 0 Å². The van der Waals surface area contributed by atoms with Gasteiger partial charge in [0.1, 0.15) is 0 Å². The number of nitrogens with zero attached hydrogens (tertiary/aromatic N) is 2. The lowest BCUT2D eigenvalue weighted by atomic mass is 9.82. The van der Waals surface area contributed by atoms with E-state index in [2.05, 4.69) is 50.6 Å². The highest BCUT2D eigenvalue weighted by Crippen LogP contribution is 2.37. The minimum atomic E-state index is -0.301. The molecule has 1 saturated carbocycles. The Morgan fingerprint density at radius 2 is 1.85 bits per heavy atom. The summed E-state index contributed by atoms with van der Waals surface area (Å²) >= 11 is 0. The first-order chi connectivity index (χ1) is 9.30. The van der Waals surface area contributed by atoms with Gasteiger partial charge in [0.25, 0.3) is 0 Å². The Bertz CT molecular complexity index is 482. The van der Waals surface area contributed by atoms with Crippen LogP contribution in [0, 0.1) is 5.92 Å². The standard InChI is InChI=1S/C15H25BN2O2/c1-11-7-6-8-13(11)18-10-12(9-17-18)16-19-14(2,3)15(4,5)20-16/h9-11,13H,6-8H2,1-5H3. The molecular weight excluding hydrogens is 251 g/mol. The lowest BCUT2D eigenvalue weighted by Gasteiger charge is -2.32. The molecule has 0 N–H and O–H groups in total. The Kier molecular flexibility index (Phi) is 3.25. The maximum atomic E-state index is 6.08. The van der Waals surface area contributed by atoms with Crippen LogP contribution < -0.4 is 5.46 Å². The van der Waals surface area contributed by atoms with Gasteiger partial charge in [-0.05, 0) is 46.5 Å². The second-order valence-corrected chi connectivity index (χ2v) is 7.32. The van der Waals surface area contributed by atoms with Crippen LogP contribution in [0.2, 0.25) is 0 Å². The van der Waals surface area contributed by atoms with Crippen molar-refractivity contribution in [1.82, 2.24) is 9.78 Å². The van der Waals surface area contributed by atoms with Crippen LogP contribution >= 0.6 is 0 Å². The van der Waals surface area contributed by atoms with E-state index in [1.54, 1.807) is 0 Å². The van der Waals surface area contributed by atoms with E-state index in [9.17, 15) is 0 Å². The van der Waals surface area contributed by atoms with Gasteiger partial charge >= 0.3 is 7.12 Å². The summed E-state index contributed by atoms with van der Waals surface area (Å²) in [6, 6.07) is 0.533. The molecular formula is C15H25BN2O2. The summed E-state index contributed by atoms with van der Waals surface area (Å²) in [5, 5.41) is 4.55. The topological polar surface area (TPSA) is 36.3 Å². The lowest BCUT2D eigenvalue weighted by molar-refractivity contribution is 0.00578. The lowest BCUT2D eigenvalue weighted by Crippen LogP contribution is -2.41. The molecule has 1 aliphatic carbocycles. The van der Waals surface area contributed by atoms with Crippen LogP contribution in [0.1, 0.15) is 59.9 Å². The van der Waals surface area contributed by atoms with Gasteiger partial charge in [-0.25, -0.2) is 0 Å². The molecule has 0 amide bonds. The Labute approximate surface area is 122 Å². The Morgan fingerprint density at radius 1 is 1.20 bits per heavy atom. The van der Waals surface area contributed by atoms with Crippen LogP contribution in [0.4, 0.5) is 0 Å². The predicted molar refractivity (Wildman–Crippen MR) is 80.0 cm³/mol. The fraction of sp³-hybridized carbons (Fsp3) is 0.800. The molecule has 1 saturated heterocycles. The van der Waals surface area contributed by atoms with E-state index in [0.717, 1.165) is 5.46 Å². The van der Waals surface area contributed by atoms with Crippen molar-refractivity contribution in [2.45, 2.75) is 71.1 Å². The zero-order valence-electron chi connectivity index (χ0n) is 13.2. The smallest absolute Gasteiger partial charge is 0.399 e. The average molecular weight is 276 g/mol. The van der Waals surface area contributed by atoms with Gasteiger partial charge in [-0.1, -0.05) is 13.3 Å². The van der Waals surface area contributed by atoms with Crippen molar-refractivity contribution in [2.75, 3.05) is 0 Å². The fourth-order valence-electron chi connectivity index (χ4n) is 3.15. The third kappa shape index (κ3) is 2.21. The van der Waals surface area contributed by atoms with Crippen molar-refractivity contribution in [3.05, 3.63) is 12.4 Å². The number of aromatic nitrogens is 2. The molecule has 2 atom stereocenters. The van der Waals surface area contributed by atoms with Crippen LogP contribution in [-0.4, -0.2) is 28.1 Å². The van der Waals surface area contributed by atoms with Crippen LogP contribution in [0.25, 0.3) is 0 Å². The molecule has 1 aliphatic heterocycles. The van der Waals surface area contributed by atoms with Gasteiger partial charge in [-0.15, -0.1) is 0 Å². The summed E-state index contributed by atoms with van der Waals surface area (Å²) in [7, 11) is -0.301. The monoisotopic (exact) mass is 276 g/mol. The average Bonchev–Trinajstić information content (AvgIpc) is 2.98. The zero-order chi connectivity index (χ0) is 14.5. The molecule has 20 heavy (non-hydrogen) atoms. The number of rotatable bonds is 2. The normalized spacial score (nSPS) is 31.9. The first-order valence-corrected chi connectivity index (χ1v) is 7.70. The first-order valence-electron chi connectivity index (χ1n) is 7.70. The minimum Gasteiger partial charge on any atom is -0.399 e. The van der Waals surface area contributed by atoms with Crippen LogP contribution in [-0.2, 0) is 9.31 Å². The predicted octanol–water partition coefficient (Wildman–Crippen LogP) is 2.54. The summed E-state index contributed by atoms with van der Waals surface area (Å²) in [4.78, 5) is 0.